The molecule has 1 saturated heterocycles. The summed E-state index contributed by atoms with van der Waals surface area (Å²) in [6.07, 6.45) is 2.72. The first-order valence-electron chi connectivity index (χ1n) is 9.56. The summed E-state index contributed by atoms with van der Waals surface area (Å²) in [6, 6.07) is 13.3. The van der Waals surface area contributed by atoms with Crippen LogP contribution in [0.25, 0.3) is 0 Å². The number of hydrogen-bond donors (Lipinski definition) is 1. The SMILES string of the molecule is CC#COc1ccc(S(=O)C2(C(=O)O)CCN(S(=O)c3ccc(OC)cc3)CC2)cc1. The Hall–Kier alpha value is -2.67. The molecule has 0 aromatic heterocycles. The first-order chi connectivity index (χ1) is 14.9. The fourth-order valence-corrected chi connectivity index (χ4v) is 6.03. The number of methoxy groups -OCH3 is 1. The summed E-state index contributed by atoms with van der Waals surface area (Å²) in [5, 5.41) is 9.95. The predicted molar refractivity (Wildman–Crippen MR) is 118 cm³/mol. The van der Waals surface area contributed by atoms with Crippen molar-refractivity contribution in [3.8, 4) is 23.5 Å². The molecule has 2 unspecified atom stereocenters. The number of carbonyl (C=O) groups is 1. The van der Waals surface area contributed by atoms with Crippen LogP contribution in [-0.4, -0.2) is 48.7 Å². The van der Waals surface area contributed by atoms with E-state index in [1.54, 1.807) is 66.9 Å². The molecule has 0 bridgehead atoms. The van der Waals surface area contributed by atoms with E-state index in [2.05, 4.69) is 12.0 Å². The molecule has 164 valence electrons. The third kappa shape index (κ3) is 4.98. The van der Waals surface area contributed by atoms with Crippen molar-refractivity contribution in [3.63, 3.8) is 0 Å². The molecule has 3 rings (SSSR count). The van der Waals surface area contributed by atoms with Gasteiger partial charge in [0.25, 0.3) is 0 Å². The summed E-state index contributed by atoms with van der Waals surface area (Å²) in [4.78, 5) is 13.2. The minimum atomic E-state index is -1.78. The molecule has 0 saturated carbocycles. The Bertz CT molecular complexity index is 1030. The van der Waals surface area contributed by atoms with E-state index in [1.807, 2.05) is 0 Å². The lowest BCUT2D eigenvalue weighted by atomic mass is 9.97. The quantitative estimate of drug-likeness (QED) is 0.638. The molecule has 0 aliphatic carbocycles. The number of carboxylic acids is 1. The number of rotatable bonds is 7. The maximum atomic E-state index is 13.3. The third-order valence-electron chi connectivity index (χ3n) is 5.08. The molecular formula is C22H23NO6S2. The van der Waals surface area contributed by atoms with E-state index in [4.69, 9.17) is 9.47 Å². The van der Waals surface area contributed by atoms with Gasteiger partial charge in [-0.15, -0.1) is 0 Å². The van der Waals surface area contributed by atoms with Gasteiger partial charge in [-0.05, 0) is 61.4 Å². The highest BCUT2D eigenvalue weighted by molar-refractivity contribution is 7.87. The molecular weight excluding hydrogens is 438 g/mol. The van der Waals surface area contributed by atoms with Crippen LogP contribution in [0.3, 0.4) is 0 Å². The van der Waals surface area contributed by atoms with Crippen molar-refractivity contribution < 1.29 is 27.8 Å². The van der Waals surface area contributed by atoms with Gasteiger partial charge in [-0.2, -0.15) is 0 Å². The Balaban J connectivity index is 1.73. The number of carboxylic acid groups (broad SMARTS) is 1. The van der Waals surface area contributed by atoms with Crippen LogP contribution in [0.1, 0.15) is 19.8 Å². The van der Waals surface area contributed by atoms with Crippen LogP contribution >= 0.6 is 0 Å². The normalized spacial score (nSPS) is 17.6. The minimum absolute atomic E-state index is 0.121. The molecule has 31 heavy (non-hydrogen) atoms. The lowest BCUT2D eigenvalue weighted by Crippen LogP contribution is -2.52. The molecule has 1 aliphatic heterocycles. The van der Waals surface area contributed by atoms with Crippen molar-refractivity contribution in [1.82, 2.24) is 4.31 Å². The van der Waals surface area contributed by atoms with E-state index in [0.717, 1.165) is 0 Å². The Kier molecular flexibility index (Phi) is 7.49. The Labute approximate surface area is 186 Å². The van der Waals surface area contributed by atoms with Crippen molar-refractivity contribution in [2.24, 2.45) is 0 Å². The molecule has 2 atom stereocenters. The molecule has 2 aromatic carbocycles. The second-order valence-electron chi connectivity index (χ2n) is 6.85. The van der Waals surface area contributed by atoms with Crippen LogP contribution < -0.4 is 9.47 Å². The van der Waals surface area contributed by atoms with Crippen LogP contribution in [0.2, 0.25) is 0 Å². The largest absolute Gasteiger partial charge is 0.497 e. The molecule has 9 heteroatoms. The third-order valence-corrected chi connectivity index (χ3v) is 8.58. The number of benzene rings is 2. The van der Waals surface area contributed by atoms with E-state index >= 15 is 0 Å². The lowest BCUT2D eigenvalue weighted by Gasteiger charge is -2.37. The van der Waals surface area contributed by atoms with Gasteiger partial charge in [0.15, 0.2) is 0 Å². The second-order valence-corrected chi connectivity index (χ2v) is 10.1. The molecule has 1 fully saturated rings. The summed E-state index contributed by atoms with van der Waals surface area (Å²) in [7, 11) is -1.66. The highest BCUT2D eigenvalue weighted by atomic mass is 32.2. The molecule has 0 spiro atoms. The molecule has 0 radical (unpaired) electrons. The van der Waals surface area contributed by atoms with Crippen molar-refractivity contribution in [2.45, 2.75) is 34.3 Å². The minimum Gasteiger partial charge on any atom is -0.497 e. The van der Waals surface area contributed by atoms with Gasteiger partial charge in [0.2, 0.25) is 0 Å². The highest BCUT2D eigenvalue weighted by Crippen LogP contribution is 2.34. The fraction of sp³-hybridized carbons (Fsp3) is 0.318. The van der Waals surface area contributed by atoms with Gasteiger partial charge >= 0.3 is 5.97 Å². The van der Waals surface area contributed by atoms with Gasteiger partial charge < -0.3 is 14.6 Å². The molecule has 1 heterocycles. The highest BCUT2D eigenvalue weighted by Gasteiger charge is 2.48. The monoisotopic (exact) mass is 461 g/mol. The van der Waals surface area contributed by atoms with E-state index < -0.39 is 32.5 Å². The Morgan fingerprint density at radius 1 is 1.00 bits per heavy atom. The number of nitrogens with zero attached hydrogens (tertiary/aromatic N) is 1. The Morgan fingerprint density at radius 2 is 1.55 bits per heavy atom. The van der Waals surface area contributed by atoms with Gasteiger partial charge in [-0.1, -0.05) is 5.92 Å². The lowest BCUT2D eigenvalue weighted by molar-refractivity contribution is -0.141. The van der Waals surface area contributed by atoms with Crippen LogP contribution in [0.15, 0.2) is 58.3 Å². The van der Waals surface area contributed by atoms with Gasteiger partial charge in [0, 0.05) is 24.9 Å². The zero-order valence-electron chi connectivity index (χ0n) is 17.2. The summed E-state index contributed by atoms with van der Waals surface area (Å²) in [6.45, 7) is 2.15. The van der Waals surface area contributed by atoms with Crippen LogP contribution in [-0.2, 0) is 26.6 Å². The average molecular weight is 462 g/mol. The van der Waals surface area contributed by atoms with E-state index in [9.17, 15) is 18.3 Å². The zero-order chi connectivity index (χ0) is 22.4. The fourth-order valence-electron chi connectivity index (χ4n) is 3.30. The second kappa shape index (κ2) is 10.1. The zero-order valence-corrected chi connectivity index (χ0v) is 18.8. The van der Waals surface area contributed by atoms with Crippen LogP contribution in [0.4, 0.5) is 0 Å². The maximum absolute atomic E-state index is 13.3. The van der Waals surface area contributed by atoms with Crippen molar-refractivity contribution >= 4 is 27.8 Å². The topological polar surface area (TPSA) is 93.1 Å². The van der Waals surface area contributed by atoms with Gasteiger partial charge in [0.1, 0.15) is 33.3 Å². The molecule has 1 aliphatic rings. The molecule has 7 nitrogen and oxygen atoms in total. The molecule has 1 N–H and O–H groups in total. The van der Waals surface area contributed by atoms with Crippen LogP contribution in [0, 0.1) is 12.0 Å². The van der Waals surface area contributed by atoms with E-state index in [-0.39, 0.29) is 25.9 Å². The smallest absolute Gasteiger partial charge is 0.322 e. The number of ether oxygens (including phenoxy) is 2. The standard InChI is InChI=1S/C22H23NO6S2/c1-3-16-29-18-6-8-19(9-7-18)30(26)22(21(24)25)12-14-23(15-13-22)31(27)20-10-4-17(28-2)5-11-20/h4-11H,12-15H2,1-2H3,(H,24,25). The van der Waals surface area contributed by atoms with Gasteiger partial charge in [-0.3, -0.25) is 9.00 Å². The summed E-state index contributed by atoms with van der Waals surface area (Å²) < 4.78 is 36.7. The number of aliphatic carboxylic acids is 1. The molecule has 0 amide bonds. The average Bonchev–Trinajstić information content (AvgIpc) is 2.82. The summed E-state index contributed by atoms with van der Waals surface area (Å²) in [5.74, 6) is 2.65. The van der Waals surface area contributed by atoms with Gasteiger partial charge in [-0.25, -0.2) is 8.51 Å². The predicted octanol–water partition coefficient (Wildman–Crippen LogP) is 2.80. The van der Waals surface area contributed by atoms with Crippen molar-refractivity contribution in [2.75, 3.05) is 20.2 Å². The van der Waals surface area contributed by atoms with Gasteiger partial charge in [0.05, 0.1) is 22.8 Å². The summed E-state index contributed by atoms with van der Waals surface area (Å²) in [5.41, 5.74) is 0. The van der Waals surface area contributed by atoms with Crippen molar-refractivity contribution in [1.29, 1.82) is 0 Å². The Morgan fingerprint density at radius 3 is 2.06 bits per heavy atom. The van der Waals surface area contributed by atoms with E-state index in [0.29, 0.717) is 21.3 Å². The van der Waals surface area contributed by atoms with Crippen molar-refractivity contribution in [3.05, 3.63) is 48.5 Å². The van der Waals surface area contributed by atoms with Crippen LogP contribution in [0.5, 0.6) is 11.5 Å². The maximum Gasteiger partial charge on any atom is 0.322 e. The number of piperidine rings is 1. The summed E-state index contributed by atoms with van der Waals surface area (Å²) >= 11 is 0. The molecule has 2 aromatic rings. The van der Waals surface area contributed by atoms with E-state index in [1.165, 1.54) is 0 Å². The number of hydrogen-bond acceptors (Lipinski definition) is 5. The first-order valence-corrected chi connectivity index (χ1v) is 11.8. The first kappa shape index (κ1) is 23.0.